The highest BCUT2D eigenvalue weighted by molar-refractivity contribution is 4.78. The minimum absolute atomic E-state index is 0.0269. The molecule has 0 aliphatic carbocycles. The first kappa shape index (κ1) is 9.55. The fourth-order valence-corrected chi connectivity index (χ4v) is 1.56. The van der Waals surface area contributed by atoms with E-state index in [0.717, 1.165) is 26.1 Å². The second kappa shape index (κ2) is 3.92. The van der Waals surface area contributed by atoms with E-state index in [0.29, 0.717) is 4.48 Å². The van der Waals surface area contributed by atoms with Gasteiger partial charge in [0.1, 0.15) is 6.20 Å². The Morgan fingerprint density at radius 1 is 1.58 bits per heavy atom. The van der Waals surface area contributed by atoms with Crippen LogP contribution in [0.5, 0.6) is 0 Å². The largest absolute Gasteiger partial charge is 0.809 e. The van der Waals surface area contributed by atoms with Crippen molar-refractivity contribution in [1.82, 2.24) is 4.90 Å². The van der Waals surface area contributed by atoms with Gasteiger partial charge in [-0.2, -0.15) is 0 Å². The Morgan fingerprint density at radius 3 is 2.75 bits per heavy atom. The molecule has 0 aromatic rings. The maximum absolute atomic E-state index is 11.0. The van der Waals surface area contributed by atoms with Crippen LogP contribution in [0.1, 0.15) is 19.8 Å². The zero-order chi connectivity index (χ0) is 9.03. The Labute approximate surface area is 74.5 Å². The van der Waals surface area contributed by atoms with Crippen molar-refractivity contribution in [2.24, 2.45) is 0 Å². The van der Waals surface area contributed by atoms with Crippen molar-refractivity contribution in [1.29, 1.82) is 0 Å². The maximum atomic E-state index is 11.0. The summed E-state index contributed by atoms with van der Waals surface area (Å²) in [7, 11) is 2.01. The number of nitrogens with zero attached hydrogens (tertiary/aromatic N) is 2. The van der Waals surface area contributed by atoms with Gasteiger partial charge in [0.15, 0.2) is 6.67 Å². The molecule has 0 radical (unpaired) electrons. The van der Waals surface area contributed by atoms with Gasteiger partial charge in [-0.3, -0.25) is 4.48 Å². The van der Waals surface area contributed by atoms with Crippen molar-refractivity contribution in [2.45, 2.75) is 19.8 Å². The van der Waals surface area contributed by atoms with Crippen molar-refractivity contribution in [3.63, 3.8) is 0 Å². The van der Waals surface area contributed by atoms with Crippen molar-refractivity contribution in [3.8, 4) is 0 Å². The van der Waals surface area contributed by atoms with E-state index < -0.39 is 0 Å². The first-order valence-corrected chi connectivity index (χ1v) is 4.56. The Bertz CT molecular complexity index is 170. The van der Waals surface area contributed by atoms with E-state index in [1.165, 1.54) is 0 Å². The van der Waals surface area contributed by atoms with E-state index in [1.807, 2.05) is 19.4 Å². The lowest BCUT2D eigenvalue weighted by Gasteiger charge is -2.35. The molecule has 1 aliphatic rings. The van der Waals surface area contributed by atoms with Gasteiger partial charge >= 0.3 is 0 Å². The van der Waals surface area contributed by atoms with Crippen LogP contribution in [0, 0.1) is 0 Å². The van der Waals surface area contributed by atoms with Crippen LogP contribution in [0.25, 0.3) is 0 Å². The topological polar surface area (TPSA) is 26.3 Å². The molecule has 12 heavy (non-hydrogen) atoms. The lowest BCUT2D eigenvalue weighted by molar-refractivity contribution is -0.942. The lowest BCUT2D eigenvalue weighted by Crippen LogP contribution is -2.50. The summed E-state index contributed by atoms with van der Waals surface area (Å²) >= 11 is 0. The van der Waals surface area contributed by atoms with Gasteiger partial charge < -0.3 is 10.0 Å². The van der Waals surface area contributed by atoms with Crippen LogP contribution in [0.15, 0.2) is 12.4 Å². The van der Waals surface area contributed by atoms with E-state index >= 15 is 0 Å². The zero-order valence-electron chi connectivity index (χ0n) is 7.99. The Morgan fingerprint density at radius 2 is 2.33 bits per heavy atom. The molecule has 0 aromatic heterocycles. The minimum Gasteiger partial charge on any atom is -0.809 e. The summed E-state index contributed by atoms with van der Waals surface area (Å²) in [4.78, 5) is 2.08. The molecule has 0 N–H and O–H groups in total. The first-order chi connectivity index (χ1) is 5.72. The van der Waals surface area contributed by atoms with Crippen LogP contribution in [-0.4, -0.2) is 36.4 Å². The molecule has 70 valence electrons. The van der Waals surface area contributed by atoms with Crippen LogP contribution in [0.3, 0.4) is 0 Å². The third-order valence-electron chi connectivity index (χ3n) is 2.36. The molecule has 0 fully saturated rings. The Kier molecular flexibility index (Phi) is 3.12. The lowest BCUT2D eigenvalue weighted by atomic mass is 10.3. The minimum atomic E-state index is -0.0269. The highest BCUT2D eigenvalue weighted by Crippen LogP contribution is 2.15. The zero-order valence-corrected chi connectivity index (χ0v) is 7.99. The molecule has 0 aromatic carbocycles. The summed E-state index contributed by atoms with van der Waals surface area (Å²) in [5.41, 5.74) is 0. The molecule has 1 heterocycles. The summed E-state index contributed by atoms with van der Waals surface area (Å²) in [5, 5.41) is 11.0. The molecule has 0 bridgehead atoms. The van der Waals surface area contributed by atoms with Gasteiger partial charge in [0.05, 0.1) is 12.7 Å². The van der Waals surface area contributed by atoms with Gasteiger partial charge in [0, 0.05) is 13.8 Å². The second-order valence-electron chi connectivity index (χ2n) is 3.62. The smallest absolute Gasteiger partial charge is 0.157 e. The normalized spacial score (nSPS) is 28.4. The Hall–Kier alpha value is -0.540. The molecule has 1 rings (SSSR count). The highest BCUT2D eigenvalue weighted by Gasteiger charge is 2.25. The van der Waals surface area contributed by atoms with Crippen molar-refractivity contribution < 1.29 is 9.59 Å². The molecule has 3 nitrogen and oxygen atoms in total. The van der Waals surface area contributed by atoms with Crippen LogP contribution < -0.4 is 5.11 Å². The van der Waals surface area contributed by atoms with E-state index in [1.54, 1.807) is 0 Å². The molecule has 0 amide bonds. The summed E-state index contributed by atoms with van der Waals surface area (Å²) in [5.74, 6) is 0. The van der Waals surface area contributed by atoms with Gasteiger partial charge in [-0.25, -0.2) is 0 Å². The summed E-state index contributed by atoms with van der Waals surface area (Å²) in [6.07, 6.45) is 6.34. The molecule has 3 heteroatoms. The molecule has 1 unspecified atom stereocenters. The standard InChI is InChI=1S/C9H18N2O/c1-3-4-6-11(9-12)7-5-10(2)8-11/h5,7H,3-4,6,8-9H2,1-2H3. The predicted molar refractivity (Wildman–Crippen MR) is 46.7 cm³/mol. The van der Waals surface area contributed by atoms with Crippen molar-refractivity contribution in [3.05, 3.63) is 12.4 Å². The summed E-state index contributed by atoms with van der Waals surface area (Å²) < 4.78 is 0.602. The van der Waals surface area contributed by atoms with Crippen molar-refractivity contribution >= 4 is 0 Å². The van der Waals surface area contributed by atoms with Gasteiger partial charge in [-0.1, -0.05) is 13.3 Å². The quantitative estimate of drug-likeness (QED) is 0.567. The van der Waals surface area contributed by atoms with Gasteiger partial charge in [-0.15, -0.1) is 0 Å². The molecule has 0 saturated carbocycles. The third-order valence-corrected chi connectivity index (χ3v) is 2.36. The second-order valence-corrected chi connectivity index (χ2v) is 3.62. The Balaban J connectivity index is 2.47. The van der Waals surface area contributed by atoms with Crippen LogP contribution >= 0.6 is 0 Å². The number of hydrogen-bond donors (Lipinski definition) is 0. The molecule has 0 saturated heterocycles. The fraction of sp³-hybridized carbons (Fsp3) is 0.778. The number of hydrogen-bond acceptors (Lipinski definition) is 2. The van der Waals surface area contributed by atoms with Crippen LogP contribution in [0.2, 0.25) is 0 Å². The van der Waals surface area contributed by atoms with Gasteiger partial charge in [0.2, 0.25) is 0 Å². The van der Waals surface area contributed by atoms with Crippen molar-refractivity contribution in [2.75, 3.05) is 27.0 Å². The van der Waals surface area contributed by atoms with E-state index in [4.69, 9.17) is 0 Å². The van der Waals surface area contributed by atoms with E-state index in [-0.39, 0.29) is 6.73 Å². The number of quaternary nitrogens is 1. The summed E-state index contributed by atoms with van der Waals surface area (Å²) in [6.45, 7) is 3.97. The van der Waals surface area contributed by atoms with E-state index in [2.05, 4.69) is 11.8 Å². The molecule has 1 atom stereocenters. The van der Waals surface area contributed by atoms with Gasteiger partial charge in [-0.05, 0) is 6.42 Å². The van der Waals surface area contributed by atoms with Crippen LogP contribution in [-0.2, 0) is 0 Å². The van der Waals surface area contributed by atoms with E-state index in [9.17, 15) is 5.11 Å². The molecule has 0 spiro atoms. The molecule has 1 aliphatic heterocycles. The SMILES string of the molecule is CCCC[N+]1(C[O-])C=CN(C)C1. The van der Waals surface area contributed by atoms with Crippen LogP contribution in [0.4, 0.5) is 0 Å². The average molecular weight is 170 g/mol. The molecular weight excluding hydrogens is 152 g/mol. The monoisotopic (exact) mass is 170 g/mol. The first-order valence-electron chi connectivity index (χ1n) is 4.56. The highest BCUT2D eigenvalue weighted by atomic mass is 16.3. The average Bonchev–Trinajstić information content (AvgIpc) is 2.45. The molecular formula is C9H18N2O. The summed E-state index contributed by atoms with van der Waals surface area (Å²) in [6, 6.07) is 0. The third kappa shape index (κ3) is 1.99. The maximum Gasteiger partial charge on any atom is 0.157 e. The van der Waals surface area contributed by atoms with Gasteiger partial charge in [0.25, 0.3) is 0 Å². The number of unbranched alkanes of at least 4 members (excludes halogenated alkanes) is 1. The fourth-order valence-electron chi connectivity index (χ4n) is 1.56. The number of rotatable bonds is 4. The predicted octanol–water partition coefficient (Wildman–Crippen LogP) is 0.295.